The molecule has 2 rings (SSSR count). The minimum atomic E-state index is -1.07. The predicted molar refractivity (Wildman–Crippen MR) is 75.5 cm³/mol. The Morgan fingerprint density at radius 1 is 1.40 bits per heavy atom. The van der Waals surface area contributed by atoms with E-state index >= 15 is 0 Å². The standard InChI is InChI=1S/C14H17ClN2O3/c1-3-14(10-4-5-11(15)9(2)8-10)12(19)17(6-7-18)13(20)16-14/h4-5,8,18H,3,6-7H2,1-2H3,(H,16,20). The minimum absolute atomic E-state index is 0.00100. The summed E-state index contributed by atoms with van der Waals surface area (Å²) < 4.78 is 0. The Hall–Kier alpha value is -1.59. The van der Waals surface area contributed by atoms with Crippen LogP contribution in [0.1, 0.15) is 24.5 Å². The molecule has 20 heavy (non-hydrogen) atoms. The molecule has 2 N–H and O–H groups in total. The van der Waals surface area contributed by atoms with E-state index in [0.717, 1.165) is 10.5 Å². The SMILES string of the molecule is CCC1(c2ccc(Cl)c(C)c2)NC(=O)N(CCO)C1=O. The predicted octanol–water partition coefficient (Wildman–Crippen LogP) is 1.80. The zero-order valence-corrected chi connectivity index (χ0v) is 12.2. The van der Waals surface area contributed by atoms with Gasteiger partial charge in [-0.3, -0.25) is 9.69 Å². The van der Waals surface area contributed by atoms with E-state index < -0.39 is 11.6 Å². The first kappa shape index (κ1) is 14.8. The second-order valence-corrected chi connectivity index (χ2v) is 5.24. The average molecular weight is 297 g/mol. The topological polar surface area (TPSA) is 69.6 Å². The van der Waals surface area contributed by atoms with Crippen LogP contribution in [0.25, 0.3) is 0 Å². The summed E-state index contributed by atoms with van der Waals surface area (Å²) in [5.74, 6) is -0.333. The number of benzene rings is 1. The monoisotopic (exact) mass is 296 g/mol. The number of aliphatic hydroxyl groups is 1. The fourth-order valence-corrected chi connectivity index (χ4v) is 2.60. The minimum Gasteiger partial charge on any atom is -0.395 e. The number of aliphatic hydroxyl groups excluding tert-OH is 1. The zero-order chi connectivity index (χ0) is 14.9. The molecule has 0 aliphatic carbocycles. The highest BCUT2D eigenvalue weighted by atomic mass is 35.5. The number of nitrogens with zero attached hydrogens (tertiary/aromatic N) is 1. The van der Waals surface area contributed by atoms with Gasteiger partial charge in [-0.2, -0.15) is 0 Å². The van der Waals surface area contributed by atoms with Crippen LogP contribution in [0.2, 0.25) is 5.02 Å². The molecule has 0 saturated carbocycles. The molecular weight excluding hydrogens is 280 g/mol. The Kier molecular flexibility index (Phi) is 4.01. The number of rotatable bonds is 4. The van der Waals surface area contributed by atoms with E-state index in [1.807, 2.05) is 19.9 Å². The molecule has 1 aliphatic heterocycles. The third-order valence-electron chi connectivity index (χ3n) is 3.68. The maximum absolute atomic E-state index is 12.6. The summed E-state index contributed by atoms with van der Waals surface area (Å²) in [4.78, 5) is 25.5. The molecule has 1 fully saturated rings. The van der Waals surface area contributed by atoms with E-state index in [0.29, 0.717) is 17.0 Å². The second-order valence-electron chi connectivity index (χ2n) is 4.83. The Labute approximate surface area is 122 Å². The van der Waals surface area contributed by atoms with Crippen LogP contribution >= 0.6 is 11.6 Å². The van der Waals surface area contributed by atoms with Crippen molar-refractivity contribution < 1.29 is 14.7 Å². The fourth-order valence-electron chi connectivity index (χ4n) is 2.48. The van der Waals surface area contributed by atoms with Gasteiger partial charge in [-0.15, -0.1) is 0 Å². The summed E-state index contributed by atoms with van der Waals surface area (Å²) >= 11 is 6.00. The third kappa shape index (κ3) is 2.17. The molecule has 0 radical (unpaired) electrons. The van der Waals surface area contributed by atoms with Crippen LogP contribution in [-0.4, -0.2) is 35.1 Å². The van der Waals surface area contributed by atoms with Gasteiger partial charge in [-0.1, -0.05) is 30.7 Å². The highest BCUT2D eigenvalue weighted by molar-refractivity contribution is 6.31. The second kappa shape index (κ2) is 5.42. The maximum atomic E-state index is 12.6. The number of carbonyl (C=O) groups excluding carboxylic acids is 2. The van der Waals surface area contributed by atoms with Gasteiger partial charge < -0.3 is 10.4 Å². The molecule has 6 heteroatoms. The molecule has 0 aromatic heterocycles. The smallest absolute Gasteiger partial charge is 0.325 e. The summed E-state index contributed by atoms with van der Waals surface area (Å²) in [5, 5.41) is 12.3. The number of amides is 3. The van der Waals surface area contributed by atoms with Gasteiger partial charge in [-0.25, -0.2) is 4.79 Å². The molecule has 1 saturated heterocycles. The summed E-state index contributed by atoms with van der Waals surface area (Å²) in [6.45, 7) is 3.43. The van der Waals surface area contributed by atoms with Crippen LogP contribution in [0.3, 0.4) is 0 Å². The van der Waals surface area contributed by atoms with Gasteiger partial charge in [0, 0.05) is 5.02 Å². The van der Waals surface area contributed by atoms with Gasteiger partial charge in [0.2, 0.25) is 0 Å². The fraction of sp³-hybridized carbons (Fsp3) is 0.429. The number of imide groups is 1. The van der Waals surface area contributed by atoms with Gasteiger partial charge in [-0.05, 0) is 30.5 Å². The van der Waals surface area contributed by atoms with E-state index in [1.165, 1.54) is 0 Å². The largest absolute Gasteiger partial charge is 0.395 e. The van der Waals surface area contributed by atoms with Crippen molar-refractivity contribution in [1.29, 1.82) is 0 Å². The van der Waals surface area contributed by atoms with Crippen LogP contribution in [-0.2, 0) is 10.3 Å². The first-order chi connectivity index (χ1) is 9.46. The van der Waals surface area contributed by atoms with Crippen molar-refractivity contribution in [3.05, 3.63) is 34.3 Å². The number of halogens is 1. The molecule has 1 atom stereocenters. The Morgan fingerprint density at radius 2 is 2.10 bits per heavy atom. The molecule has 1 aliphatic rings. The number of aryl methyl sites for hydroxylation is 1. The Balaban J connectivity index is 2.47. The molecule has 3 amide bonds. The van der Waals surface area contributed by atoms with E-state index in [1.54, 1.807) is 12.1 Å². The van der Waals surface area contributed by atoms with Gasteiger partial charge in [0.1, 0.15) is 5.54 Å². The molecule has 5 nitrogen and oxygen atoms in total. The van der Waals surface area contributed by atoms with Gasteiger partial charge in [0.15, 0.2) is 0 Å². The number of urea groups is 1. The Bertz CT molecular complexity index is 561. The van der Waals surface area contributed by atoms with E-state index in [9.17, 15) is 9.59 Å². The third-order valence-corrected chi connectivity index (χ3v) is 4.10. The average Bonchev–Trinajstić information content (AvgIpc) is 2.67. The lowest BCUT2D eigenvalue weighted by molar-refractivity contribution is -0.132. The number of hydrogen-bond acceptors (Lipinski definition) is 3. The van der Waals surface area contributed by atoms with Crippen LogP contribution in [0, 0.1) is 6.92 Å². The summed E-state index contributed by atoms with van der Waals surface area (Å²) in [6.07, 6.45) is 0.431. The maximum Gasteiger partial charge on any atom is 0.325 e. The lowest BCUT2D eigenvalue weighted by atomic mass is 9.86. The molecule has 1 aromatic rings. The normalized spacial score (nSPS) is 22.3. The first-order valence-corrected chi connectivity index (χ1v) is 6.85. The van der Waals surface area contributed by atoms with Crippen molar-refractivity contribution in [1.82, 2.24) is 10.2 Å². The van der Waals surface area contributed by atoms with E-state index in [4.69, 9.17) is 16.7 Å². The number of nitrogens with one attached hydrogen (secondary N) is 1. The summed E-state index contributed by atoms with van der Waals surface area (Å²) in [6, 6.07) is 4.81. The highest BCUT2D eigenvalue weighted by Crippen LogP contribution is 2.33. The van der Waals surface area contributed by atoms with Crippen LogP contribution in [0.4, 0.5) is 4.79 Å². The Morgan fingerprint density at radius 3 is 2.65 bits per heavy atom. The summed E-state index contributed by atoms with van der Waals surface area (Å²) in [5.41, 5.74) is 0.488. The van der Waals surface area contributed by atoms with Crippen LogP contribution in [0.5, 0.6) is 0 Å². The zero-order valence-electron chi connectivity index (χ0n) is 11.4. The van der Waals surface area contributed by atoms with Gasteiger partial charge in [0.25, 0.3) is 5.91 Å². The van der Waals surface area contributed by atoms with Gasteiger partial charge in [0.05, 0.1) is 13.2 Å². The van der Waals surface area contributed by atoms with Crippen molar-refractivity contribution in [2.24, 2.45) is 0 Å². The van der Waals surface area contributed by atoms with Crippen molar-refractivity contribution in [3.8, 4) is 0 Å². The van der Waals surface area contributed by atoms with Crippen molar-refractivity contribution in [3.63, 3.8) is 0 Å². The van der Waals surface area contributed by atoms with Crippen LogP contribution < -0.4 is 5.32 Å². The first-order valence-electron chi connectivity index (χ1n) is 6.48. The molecule has 0 bridgehead atoms. The molecule has 0 spiro atoms. The van der Waals surface area contributed by atoms with Crippen molar-refractivity contribution >= 4 is 23.5 Å². The van der Waals surface area contributed by atoms with Crippen molar-refractivity contribution in [2.75, 3.05) is 13.2 Å². The molecular formula is C14H17ClN2O3. The lowest BCUT2D eigenvalue weighted by Gasteiger charge is -2.26. The molecule has 1 heterocycles. The molecule has 1 unspecified atom stereocenters. The number of carbonyl (C=O) groups is 2. The number of β-amino-alcohol motifs (C(OH)–C–C–N with tert-alkyl or cyclic N) is 1. The quantitative estimate of drug-likeness (QED) is 0.832. The lowest BCUT2D eigenvalue weighted by Crippen LogP contribution is -2.43. The van der Waals surface area contributed by atoms with Gasteiger partial charge >= 0.3 is 6.03 Å². The van der Waals surface area contributed by atoms with E-state index in [-0.39, 0.29) is 19.1 Å². The van der Waals surface area contributed by atoms with Crippen LogP contribution in [0.15, 0.2) is 18.2 Å². The van der Waals surface area contributed by atoms with E-state index in [2.05, 4.69) is 5.32 Å². The molecule has 1 aromatic carbocycles. The highest BCUT2D eigenvalue weighted by Gasteiger charge is 2.50. The summed E-state index contributed by atoms with van der Waals surface area (Å²) in [7, 11) is 0. The van der Waals surface area contributed by atoms with Crippen molar-refractivity contribution in [2.45, 2.75) is 25.8 Å². The molecule has 108 valence electrons. The number of hydrogen-bond donors (Lipinski definition) is 2.